The maximum atomic E-state index is 11.4. The molecule has 1 aromatic carbocycles. The van der Waals surface area contributed by atoms with Gasteiger partial charge in [-0.1, -0.05) is 49.9 Å². The van der Waals surface area contributed by atoms with Crippen molar-refractivity contribution < 1.29 is 19.1 Å². The van der Waals surface area contributed by atoms with E-state index in [2.05, 4.69) is 30.3 Å². The summed E-state index contributed by atoms with van der Waals surface area (Å²) in [6.07, 6.45) is 9.68. The van der Waals surface area contributed by atoms with E-state index in [1.807, 2.05) is 0 Å². The number of fused-ring (bicyclic) bond motifs is 3. The SMILES string of the molecule is CCCCCCCc1ccc2c(c1)OCC1CCC(=NOC)CC21OC=O. The summed E-state index contributed by atoms with van der Waals surface area (Å²) in [6, 6.07) is 6.37. The molecule has 0 amide bonds. The van der Waals surface area contributed by atoms with Crippen LogP contribution in [0.25, 0.3) is 0 Å². The zero-order chi connectivity index (χ0) is 19.1. The van der Waals surface area contributed by atoms with Crippen molar-refractivity contribution in [1.29, 1.82) is 0 Å². The number of carbonyl (C=O) groups is 1. The van der Waals surface area contributed by atoms with Crippen LogP contribution < -0.4 is 4.74 Å². The van der Waals surface area contributed by atoms with Crippen LogP contribution in [0, 0.1) is 5.92 Å². The first kappa shape index (κ1) is 19.7. The number of hydrogen-bond acceptors (Lipinski definition) is 5. The third-order valence-electron chi connectivity index (χ3n) is 5.90. The predicted molar refractivity (Wildman–Crippen MR) is 105 cm³/mol. The zero-order valence-electron chi connectivity index (χ0n) is 16.5. The van der Waals surface area contributed by atoms with Crippen molar-refractivity contribution in [3.05, 3.63) is 29.3 Å². The van der Waals surface area contributed by atoms with E-state index in [9.17, 15) is 4.79 Å². The quantitative estimate of drug-likeness (QED) is 0.356. The molecule has 2 atom stereocenters. The summed E-state index contributed by atoms with van der Waals surface area (Å²) in [7, 11) is 1.55. The molecule has 1 aliphatic heterocycles. The topological polar surface area (TPSA) is 57.1 Å². The maximum Gasteiger partial charge on any atom is 0.293 e. The minimum atomic E-state index is -0.690. The van der Waals surface area contributed by atoms with E-state index in [4.69, 9.17) is 14.3 Å². The lowest BCUT2D eigenvalue weighted by Crippen LogP contribution is -2.48. The van der Waals surface area contributed by atoms with Gasteiger partial charge in [-0.3, -0.25) is 4.79 Å². The second-order valence-electron chi connectivity index (χ2n) is 7.66. The van der Waals surface area contributed by atoms with Gasteiger partial charge in [0.15, 0.2) is 5.60 Å². The van der Waals surface area contributed by atoms with Crippen LogP contribution in [0.3, 0.4) is 0 Å². The van der Waals surface area contributed by atoms with Gasteiger partial charge in [-0.2, -0.15) is 0 Å². The summed E-state index contributed by atoms with van der Waals surface area (Å²) in [5.41, 5.74) is 2.49. The number of unbranched alkanes of at least 4 members (excludes halogenated alkanes) is 4. The van der Waals surface area contributed by atoms with Crippen molar-refractivity contribution in [2.45, 2.75) is 70.3 Å². The number of benzene rings is 1. The molecule has 2 aliphatic rings. The molecule has 1 saturated carbocycles. The van der Waals surface area contributed by atoms with E-state index in [1.165, 1.54) is 37.7 Å². The fourth-order valence-corrected chi connectivity index (χ4v) is 4.45. The lowest BCUT2D eigenvalue weighted by Gasteiger charge is -2.46. The molecule has 148 valence electrons. The molecular formula is C22H31NO4. The number of ether oxygens (including phenoxy) is 2. The maximum absolute atomic E-state index is 11.4. The lowest BCUT2D eigenvalue weighted by molar-refractivity contribution is -0.157. The molecule has 2 unspecified atom stereocenters. The molecule has 5 heteroatoms. The van der Waals surface area contributed by atoms with Crippen LogP contribution in [0.1, 0.15) is 69.4 Å². The van der Waals surface area contributed by atoms with Crippen molar-refractivity contribution in [2.75, 3.05) is 13.7 Å². The van der Waals surface area contributed by atoms with E-state index in [1.54, 1.807) is 7.11 Å². The van der Waals surface area contributed by atoms with E-state index < -0.39 is 5.60 Å². The average Bonchev–Trinajstić information content (AvgIpc) is 2.68. The molecule has 1 heterocycles. The summed E-state index contributed by atoms with van der Waals surface area (Å²) >= 11 is 0. The fourth-order valence-electron chi connectivity index (χ4n) is 4.45. The number of carbonyl (C=O) groups excluding carboxylic acids is 1. The largest absolute Gasteiger partial charge is 0.493 e. The summed E-state index contributed by atoms with van der Waals surface area (Å²) in [5.74, 6) is 0.990. The Morgan fingerprint density at radius 1 is 1.30 bits per heavy atom. The summed E-state index contributed by atoms with van der Waals surface area (Å²) < 4.78 is 11.8. The van der Waals surface area contributed by atoms with Gasteiger partial charge in [0.05, 0.1) is 12.3 Å². The Balaban J connectivity index is 1.80. The predicted octanol–water partition coefficient (Wildman–Crippen LogP) is 4.76. The van der Waals surface area contributed by atoms with Gasteiger partial charge in [-0.25, -0.2) is 0 Å². The number of hydrogen-bond donors (Lipinski definition) is 0. The van der Waals surface area contributed by atoms with E-state index in [-0.39, 0.29) is 5.92 Å². The summed E-state index contributed by atoms with van der Waals surface area (Å²) in [5, 5.41) is 4.14. The smallest absolute Gasteiger partial charge is 0.293 e. The van der Waals surface area contributed by atoms with Crippen LogP contribution in [-0.4, -0.2) is 25.9 Å². The molecule has 5 nitrogen and oxygen atoms in total. The van der Waals surface area contributed by atoms with Gasteiger partial charge >= 0.3 is 0 Å². The van der Waals surface area contributed by atoms with Crippen LogP contribution in [-0.2, 0) is 26.4 Å². The Hall–Kier alpha value is -2.04. The summed E-state index contributed by atoms with van der Waals surface area (Å²) in [4.78, 5) is 16.3. The third-order valence-corrected chi connectivity index (χ3v) is 5.90. The molecule has 1 aliphatic carbocycles. The number of rotatable bonds is 9. The highest BCUT2D eigenvalue weighted by molar-refractivity contribution is 5.86. The van der Waals surface area contributed by atoms with Gasteiger partial charge in [-0.15, -0.1) is 0 Å². The third kappa shape index (κ3) is 4.28. The van der Waals surface area contributed by atoms with Crippen LogP contribution in [0.2, 0.25) is 0 Å². The van der Waals surface area contributed by atoms with Gasteiger partial charge < -0.3 is 14.3 Å². The molecule has 1 fully saturated rings. The summed E-state index contributed by atoms with van der Waals surface area (Å²) in [6.45, 7) is 3.37. The van der Waals surface area contributed by atoms with Gasteiger partial charge in [0.2, 0.25) is 0 Å². The van der Waals surface area contributed by atoms with Crippen LogP contribution >= 0.6 is 0 Å². The van der Waals surface area contributed by atoms with Crippen molar-refractivity contribution >= 4 is 12.2 Å². The van der Waals surface area contributed by atoms with Crippen molar-refractivity contribution in [3.8, 4) is 5.75 Å². The normalized spacial score (nSPS) is 25.3. The Kier molecular flexibility index (Phi) is 6.75. The van der Waals surface area contributed by atoms with E-state index in [0.717, 1.165) is 36.3 Å². The monoisotopic (exact) mass is 373 g/mol. The molecule has 27 heavy (non-hydrogen) atoms. The number of aryl methyl sites for hydroxylation is 1. The van der Waals surface area contributed by atoms with Gasteiger partial charge in [0.25, 0.3) is 6.47 Å². The molecular weight excluding hydrogens is 342 g/mol. The Bertz CT molecular complexity index is 672. The molecule has 3 rings (SSSR count). The first-order valence-electron chi connectivity index (χ1n) is 10.2. The van der Waals surface area contributed by atoms with Gasteiger partial charge in [0, 0.05) is 17.9 Å². The zero-order valence-corrected chi connectivity index (χ0v) is 16.5. The molecule has 0 spiro atoms. The Morgan fingerprint density at radius 2 is 2.15 bits per heavy atom. The molecule has 0 saturated heterocycles. The van der Waals surface area contributed by atoms with Gasteiger partial charge in [0.1, 0.15) is 12.9 Å². The van der Waals surface area contributed by atoms with Crippen LogP contribution in [0.15, 0.2) is 23.4 Å². The fraction of sp³-hybridized carbons (Fsp3) is 0.636. The Labute approximate surface area is 162 Å². The highest BCUT2D eigenvalue weighted by atomic mass is 16.6. The van der Waals surface area contributed by atoms with Gasteiger partial charge in [-0.05, 0) is 37.3 Å². The second-order valence-corrected chi connectivity index (χ2v) is 7.66. The second kappa shape index (κ2) is 9.25. The van der Waals surface area contributed by atoms with E-state index in [0.29, 0.717) is 19.5 Å². The van der Waals surface area contributed by atoms with Crippen LogP contribution in [0.5, 0.6) is 5.75 Å². The van der Waals surface area contributed by atoms with Crippen LogP contribution in [0.4, 0.5) is 0 Å². The molecule has 0 N–H and O–H groups in total. The van der Waals surface area contributed by atoms with Crippen molar-refractivity contribution in [3.63, 3.8) is 0 Å². The molecule has 1 aromatic rings. The Morgan fingerprint density at radius 3 is 2.93 bits per heavy atom. The minimum Gasteiger partial charge on any atom is -0.493 e. The molecule has 0 radical (unpaired) electrons. The molecule has 0 bridgehead atoms. The standard InChI is InChI=1S/C22H31NO4/c1-3-4-5-6-7-8-17-9-12-20-21(13-17)26-15-18-10-11-19(23-25-2)14-22(18,20)27-16-24/h9,12-13,16,18H,3-8,10-11,14-15H2,1-2H3. The first-order valence-corrected chi connectivity index (χ1v) is 10.2. The minimum absolute atomic E-state index is 0.144. The lowest BCUT2D eigenvalue weighted by atomic mass is 9.69. The number of oxime groups is 1. The highest BCUT2D eigenvalue weighted by Crippen LogP contribution is 2.50. The van der Waals surface area contributed by atoms with Crippen molar-refractivity contribution in [1.82, 2.24) is 0 Å². The first-order chi connectivity index (χ1) is 13.2. The molecule has 0 aromatic heterocycles. The van der Waals surface area contributed by atoms with E-state index >= 15 is 0 Å². The highest BCUT2D eigenvalue weighted by Gasteiger charge is 2.51. The average molecular weight is 373 g/mol. The number of nitrogens with zero attached hydrogens (tertiary/aromatic N) is 1. The van der Waals surface area contributed by atoms with Crippen molar-refractivity contribution in [2.24, 2.45) is 11.1 Å².